The summed E-state index contributed by atoms with van der Waals surface area (Å²) >= 11 is 0. The van der Waals surface area contributed by atoms with Crippen LogP contribution in [-0.2, 0) is 52.8 Å². The number of hydrogen-bond donors (Lipinski definition) is 0. The molecule has 0 bridgehead atoms. The minimum atomic E-state index is 0.0891. The first-order valence-electron chi connectivity index (χ1n) is 27.3. The Hall–Kier alpha value is -4.39. The van der Waals surface area contributed by atoms with Crippen molar-refractivity contribution < 1.29 is 33.2 Å². The van der Waals surface area contributed by atoms with Crippen LogP contribution in [0, 0.1) is 11.8 Å². The summed E-state index contributed by atoms with van der Waals surface area (Å²) in [6.45, 7) is 41.1. The first-order chi connectivity index (χ1) is 35.2. The fraction of sp³-hybridized carbons (Fsp3) is 0.578. The van der Waals surface area contributed by atoms with Crippen LogP contribution in [0.4, 0.5) is 0 Å². The monoisotopic (exact) mass is 1030 g/mol. The molecule has 10 nitrogen and oxygen atoms in total. The summed E-state index contributed by atoms with van der Waals surface area (Å²) in [7, 11) is 0. The van der Waals surface area contributed by atoms with Crippen molar-refractivity contribution in [1.82, 2.24) is 15.0 Å². The highest BCUT2D eigenvalue weighted by Gasteiger charge is 2.21. The van der Waals surface area contributed by atoms with Crippen LogP contribution in [0.1, 0.15) is 178 Å². The van der Waals surface area contributed by atoms with Crippen LogP contribution in [0.2, 0.25) is 0 Å². The molecule has 3 heterocycles. The second kappa shape index (κ2) is 44.9. The Balaban J connectivity index is 0.000000845. The highest BCUT2D eigenvalue weighted by atomic mass is 16.5. The van der Waals surface area contributed by atoms with Crippen LogP contribution in [-0.4, -0.2) is 77.5 Å². The fourth-order valence-electron chi connectivity index (χ4n) is 5.85. The lowest BCUT2D eigenvalue weighted by atomic mass is 10.1. The molecule has 0 saturated heterocycles. The zero-order valence-electron chi connectivity index (χ0n) is 49.4. The molecule has 0 aliphatic heterocycles. The number of rotatable bonds is 22. The van der Waals surface area contributed by atoms with Crippen molar-refractivity contribution in [2.75, 3.05) is 19.8 Å². The van der Waals surface area contributed by atoms with Crippen LogP contribution in [0.15, 0.2) is 134 Å². The predicted molar refractivity (Wildman–Crippen MR) is 309 cm³/mol. The molecule has 1 fully saturated rings. The number of nitrogens with zero attached hydrogens (tertiary/aromatic N) is 3. The van der Waals surface area contributed by atoms with E-state index >= 15 is 0 Å². The van der Waals surface area contributed by atoms with E-state index in [2.05, 4.69) is 128 Å². The Labute approximate surface area is 452 Å². The number of aromatic nitrogens is 3. The van der Waals surface area contributed by atoms with Gasteiger partial charge in [-0.2, -0.15) is 0 Å². The fourth-order valence-corrected chi connectivity index (χ4v) is 5.85. The van der Waals surface area contributed by atoms with Gasteiger partial charge >= 0.3 is 0 Å². The molecule has 10 heteroatoms. The van der Waals surface area contributed by atoms with Gasteiger partial charge in [-0.05, 0) is 194 Å². The van der Waals surface area contributed by atoms with E-state index in [0.29, 0.717) is 49.7 Å². The number of hydrogen-bond acceptors (Lipinski definition) is 10. The molecule has 0 radical (unpaired) electrons. The summed E-state index contributed by atoms with van der Waals surface area (Å²) in [6.07, 6.45) is 15.3. The molecule has 74 heavy (non-hydrogen) atoms. The zero-order chi connectivity index (χ0) is 55.5. The molecular weight excluding hydrogens is 923 g/mol. The lowest BCUT2D eigenvalue weighted by Gasteiger charge is -2.15. The van der Waals surface area contributed by atoms with Crippen LogP contribution in [0.25, 0.3) is 0 Å². The first-order valence-corrected chi connectivity index (χ1v) is 27.3. The van der Waals surface area contributed by atoms with Crippen molar-refractivity contribution in [3.8, 4) is 0 Å². The average molecular weight is 1030 g/mol. The van der Waals surface area contributed by atoms with Gasteiger partial charge in [0.25, 0.3) is 0 Å². The van der Waals surface area contributed by atoms with Gasteiger partial charge in [-0.3, -0.25) is 15.0 Å². The van der Waals surface area contributed by atoms with E-state index < -0.39 is 0 Å². The third kappa shape index (κ3) is 46.2. The van der Waals surface area contributed by atoms with E-state index in [1.165, 1.54) is 29.5 Å². The van der Waals surface area contributed by atoms with Crippen LogP contribution < -0.4 is 0 Å². The van der Waals surface area contributed by atoms with E-state index in [4.69, 9.17) is 33.2 Å². The summed E-state index contributed by atoms with van der Waals surface area (Å²) in [5.74, 6) is 1.58. The van der Waals surface area contributed by atoms with Crippen molar-refractivity contribution in [2.45, 2.75) is 212 Å². The van der Waals surface area contributed by atoms with Crippen molar-refractivity contribution in [2.24, 2.45) is 11.8 Å². The van der Waals surface area contributed by atoms with Gasteiger partial charge in [-0.1, -0.05) is 86.6 Å². The molecule has 1 aliphatic rings. The quantitative estimate of drug-likeness (QED) is 0.0666. The van der Waals surface area contributed by atoms with Gasteiger partial charge in [0.05, 0.1) is 80.5 Å². The Morgan fingerprint density at radius 2 is 0.919 bits per heavy atom. The summed E-state index contributed by atoms with van der Waals surface area (Å²) < 4.78 is 38.1. The van der Waals surface area contributed by atoms with E-state index in [0.717, 1.165) is 43.4 Å². The second-order valence-electron chi connectivity index (χ2n) is 20.5. The summed E-state index contributed by atoms with van der Waals surface area (Å²) in [5, 5.41) is 0. The molecule has 1 aliphatic carbocycles. The van der Waals surface area contributed by atoms with Crippen molar-refractivity contribution in [3.63, 3.8) is 0 Å². The smallest absolute Gasteiger partial charge is 0.0969 e. The third-order valence-corrected chi connectivity index (χ3v) is 9.77. The van der Waals surface area contributed by atoms with Gasteiger partial charge in [0.15, 0.2) is 0 Å². The predicted octanol–water partition coefficient (Wildman–Crippen LogP) is 16.3. The van der Waals surface area contributed by atoms with Gasteiger partial charge in [-0.25, -0.2) is 0 Å². The molecule has 6 rings (SSSR count). The van der Waals surface area contributed by atoms with Crippen LogP contribution >= 0.6 is 0 Å². The van der Waals surface area contributed by atoms with E-state index in [-0.39, 0.29) is 24.4 Å². The third-order valence-electron chi connectivity index (χ3n) is 9.77. The summed E-state index contributed by atoms with van der Waals surface area (Å²) in [5.41, 5.74) is 5.88. The molecule has 416 valence electrons. The summed E-state index contributed by atoms with van der Waals surface area (Å²) in [6, 6.07) is 34.4. The van der Waals surface area contributed by atoms with E-state index in [1.54, 1.807) is 24.8 Å². The largest absolute Gasteiger partial charge is 0.379 e. The highest BCUT2D eigenvalue weighted by molar-refractivity contribution is 5.17. The first kappa shape index (κ1) is 69.6. The molecule has 0 N–H and O–H groups in total. The number of pyridine rings is 3. The Morgan fingerprint density at radius 1 is 0.419 bits per heavy atom. The average Bonchev–Trinajstić information content (AvgIpc) is 4.21. The molecule has 3 aromatic heterocycles. The molecule has 2 aromatic carbocycles. The molecule has 2 unspecified atom stereocenters. The minimum absolute atomic E-state index is 0.0891. The highest BCUT2D eigenvalue weighted by Crippen LogP contribution is 2.29. The van der Waals surface area contributed by atoms with Crippen molar-refractivity contribution in [1.29, 1.82) is 0 Å². The Kier molecular flexibility index (Phi) is 42.2. The molecule has 0 spiro atoms. The van der Waals surface area contributed by atoms with Gasteiger partial charge in [0.2, 0.25) is 0 Å². The van der Waals surface area contributed by atoms with Crippen molar-refractivity contribution >= 4 is 0 Å². The van der Waals surface area contributed by atoms with E-state index in [1.807, 2.05) is 121 Å². The van der Waals surface area contributed by atoms with Gasteiger partial charge in [0.1, 0.15) is 0 Å². The molecule has 0 amide bonds. The molecule has 2 atom stereocenters. The van der Waals surface area contributed by atoms with E-state index in [9.17, 15) is 0 Å². The maximum atomic E-state index is 5.64. The number of ether oxygens (including phenoxy) is 7. The molecule has 5 aromatic rings. The lowest BCUT2D eigenvalue weighted by Crippen LogP contribution is -2.08. The normalized spacial score (nSPS) is 12.5. The standard InChI is InChI=1S/2C11H16O.C10H15NO.2C9H13NO.C7H14O.C7H16O/c1-9(2)12-10(3)11-7-5-4-6-8-11;1-10(2)12-9-8-11-6-4-3-5-7-11;1-8(2)12-9(3)10-6-4-5-7-11-10;1-8(2)11-7-9-3-5-10-6-4-9;1-8(2)11-7-9-4-3-5-10-6-9;1-6(2)8-5-7-3-4-7;1-6(2)5-8-7(3)4/h4-10H,1-3H3;3-7,10H,8-9H2,1-2H3;4-9H,1-3H3;2*3-6,8H,7H2,1-2H3;6-7H,3-5H2,1-2H3;6-7H,5H2,1-4H3. The van der Waals surface area contributed by atoms with Gasteiger partial charge in [0, 0.05) is 44.2 Å². The maximum absolute atomic E-state index is 5.64. The number of benzene rings is 2. The Bertz CT molecular complexity index is 1790. The zero-order valence-corrected chi connectivity index (χ0v) is 49.4. The lowest BCUT2D eigenvalue weighted by molar-refractivity contribution is 0.0154. The maximum Gasteiger partial charge on any atom is 0.0969 e. The summed E-state index contributed by atoms with van der Waals surface area (Å²) in [4.78, 5) is 12.1. The van der Waals surface area contributed by atoms with Crippen molar-refractivity contribution in [3.05, 3.63) is 162 Å². The van der Waals surface area contributed by atoms with Crippen LogP contribution in [0.5, 0.6) is 0 Å². The molecule has 1 saturated carbocycles. The Morgan fingerprint density at radius 3 is 1.36 bits per heavy atom. The SMILES string of the molecule is CC(C)COC(C)C.CC(C)OC(C)c1ccccc1.CC(C)OC(C)c1ccccn1.CC(C)OCC1CC1.CC(C)OCCc1ccccc1.CC(C)OCc1cccnc1.CC(C)OCc1ccncc1. The topological polar surface area (TPSA) is 103 Å². The minimum Gasteiger partial charge on any atom is -0.379 e. The van der Waals surface area contributed by atoms with Gasteiger partial charge in [-0.15, -0.1) is 0 Å². The van der Waals surface area contributed by atoms with Gasteiger partial charge < -0.3 is 33.2 Å². The van der Waals surface area contributed by atoms with Crippen LogP contribution in [0.3, 0.4) is 0 Å². The second-order valence-corrected chi connectivity index (χ2v) is 20.5. The molecular formula is C64H103N3O7.